The number of aromatic nitrogens is 1. The van der Waals surface area contributed by atoms with E-state index < -0.39 is 27.3 Å². The number of nitrogens with one attached hydrogen (secondary N) is 1. The fourth-order valence-electron chi connectivity index (χ4n) is 2.37. The minimum absolute atomic E-state index is 0.0447. The third kappa shape index (κ3) is 2.35. The molecule has 0 radical (unpaired) electrons. The number of likely N-dealkylation sites (N-methyl/N-ethyl adjacent to an activating group) is 1. The molecule has 0 spiro atoms. The summed E-state index contributed by atoms with van der Waals surface area (Å²) in [6.45, 7) is 1.27. The average Bonchev–Trinajstić information content (AvgIpc) is 2.95. The topological polar surface area (TPSA) is 96.4 Å². The van der Waals surface area contributed by atoms with E-state index in [2.05, 4.69) is 10.3 Å². The number of amides is 1. The zero-order valence-electron chi connectivity index (χ0n) is 12.6. The van der Waals surface area contributed by atoms with Gasteiger partial charge in [-0.05, 0) is 25.1 Å². The molecule has 1 N–H and O–H groups in total. The van der Waals surface area contributed by atoms with Gasteiger partial charge in [-0.15, -0.1) is 11.3 Å². The van der Waals surface area contributed by atoms with Crippen molar-refractivity contribution in [3.05, 3.63) is 39.7 Å². The summed E-state index contributed by atoms with van der Waals surface area (Å²) >= 11 is 6.71. The molecule has 7 nitrogen and oxygen atoms in total. The Hall–Kier alpha value is -1.81. The molecular weight excluding hydrogens is 374 g/mol. The molecule has 2 aromatic rings. The van der Waals surface area contributed by atoms with Gasteiger partial charge in [-0.2, -0.15) is 4.31 Å². The first kappa shape index (κ1) is 17.0. The molecule has 10 heteroatoms. The predicted molar refractivity (Wildman–Crippen MR) is 89.9 cm³/mol. The van der Waals surface area contributed by atoms with Crippen LogP contribution in [0.2, 0.25) is 4.34 Å². The number of halogens is 1. The second-order valence-corrected chi connectivity index (χ2v) is 8.91. The van der Waals surface area contributed by atoms with Gasteiger partial charge in [-0.1, -0.05) is 17.7 Å². The lowest BCUT2D eigenvalue weighted by Gasteiger charge is -2.37. The van der Waals surface area contributed by atoms with E-state index >= 15 is 0 Å². The Balaban J connectivity index is 2.09. The molecular formula is C14H12ClN3O4S2. The second-order valence-electron chi connectivity index (χ2n) is 5.29. The van der Waals surface area contributed by atoms with Crippen molar-refractivity contribution < 1.29 is 18.0 Å². The summed E-state index contributed by atoms with van der Waals surface area (Å²) in [6, 6.07) is 6.09. The van der Waals surface area contributed by atoms with E-state index in [1.165, 1.54) is 32.3 Å². The van der Waals surface area contributed by atoms with E-state index in [0.717, 1.165) is 15.6 Å². The third-order valence-electron chi connectivity index (χ3n) is 3.93. The van der Waals surface area contributed by atoms with Crippen LogP contribution in [0.25, 0.3) is 0 Å². The monoisotopic (exact) mass is 385 g/mol. The van der Waals surface area contributed by atoms with Gasteiger partial charge in [0.05, 0.1) is 9.21 Å². The SMILES string of the molecule is CN1C(C)(C(=O)Nc2ccccn2)C(=O)c2sc(Cl)cc2S1(=O)=O. The summed E-state index contributed by atoms with van der Waals surface area (Å²) < 4.78 is 26.3. The van der Waals surface area contributed by atoms with Crippen LogP contribution < -0.4 is 5.32 Å². The van der Waals surface area contributed by atoms with Crippen LogP contribution in [-0.4, -0.2) is 42.0 Å². The van der Waals surface area contributed by atoms with E-state index in [4.69, 9.17) is 11.6 Å². The molecule has 1 aliphatic rings. The third-order valence-corrected chi connectivity index (χ3v) is 7.29. The van der Waals surface area contributed by atoms with Crippen molar-refractivity contribution in [3.63, 3.8) is 0 Å². The van der Waals surface area contributed by atoms with Gasteiger partial charge in [0.15, 0.2) is 5.54 Å². The van der Waals surface area contributed by atoms with Gasteiger partial charge in [0.1, 0.15) is 10.7 Å². The predicted octanol–water partition coefficient (Wildman–Crippen LogP) is 2.01. The van der Waals surface area contributed by atoms with Crippen molar-refractivity contribution in [2.45, 2.75) is 17.4 Å². The summed E-state index contributed by atoms with van der Waals surface area (Å²) in [5.74, 6) is -1.19. The summed E-state index contributed by atoms with van der Waals surface area (Å²) in [6.07, 6.45) is 1.47. The quantitative estimate of drug-likeness (QED) is 0.797. The number of thiophene rings is 1. The minimum Gasteiger partial charge on any atom is -0.309 e. The number of anilines is 1. The molecule has 0 saturated heterocycles. The number of nitrogens with zero attached hydrogens (tertiary/aromatic N) is 2. The number of carbonyl (C=O) groups is 2. The number of pyridine rings is 1. The van der Waals surface area contributed by atoms with Crippen LogP contribution in [0.15, 0.2) is 35.4 Å². The molecule has 1 unspecified atom stereocenters. The Morgan fingerprint density at radius 2 is 2.12 bits per heavy atom. The highest BCUT2D eigenvalue weighted by atomic mass is 35.5. The highest BCUT2D eigenvalue weighted by Gasteiger charge is 2.56. The van der Waals surface area contributed by atoms with Crippen LogP contribution >= 0.6 is 22.9 Å². The molecule has 0 aromatic carbocycles. The molecule has 0 fully saturated rings. The van der Waals surface area contributed by atoms with Gasteiger partial charge < -0.3 is 5.32 Å². The number of rotatable bonds is 2. The van der Waals surface area contributed by atoms with Crippen LogP contribution in [-0.2, 0) is 14.8 Å². The smallest absolute Gasteiger partial charge is 0.254 e. The van der Waals surface area contributed by atoms with Gasteiger partial charge in [0.2, 0.25) is 15.8 Å². The van der Waals surface area contributed by atoms with Crippen LogP contribution in [0, 0.1) is 0 Å². The Bertz CT molecular complexity index is 942. The summed E-state index contributed by atoms with van der Waals surface area (Å²) in [7, 11) is -2.83. The zero-order valence-corrected chi connectivity index (χ0v) is 15.0. The molecule has 1 amide bonds. The van der Waals surface area contributed by atoms with Crippen LogP contribution in [0.3, 0.4) is 0 Å². The van der Waals surface area contributed by atoms with Crippen molar-refractivity contribution >= 4 is 50.5 Å². The summed E-state index contributed by atoms with van der Waals surface area (Å²) in [5, 5.41) is 2.48. The van der Waals surface area contributed by atoms with Gasteiger partial charge in [0.25, 0.3) is 5.91 Å². The molecule has 1 atom stereocenters. The minimum atomic E-state index is -4.02. The van der Waals surface area contributed by atoms with E-state index in [0.29, 0.717) is 0 Å². The first-order chi connectivity index (χ1) is 11.2. The standard InChI is InChI=1S/C14H12ClN3O4S2/c1-14(13(20)17-10-5-3-4-6-16-10)12(19)11-8(7-9(15)23-11)24(21,22)18(14)2/h3-7H,1-2H3,(H,16,17,20). The lowest BCUT2D eigenvalue weighted by Crippen LogP contribution is -2.62. The lowest BCUT2D eigenvalue weighted by atomic mass is 9.93. The van der Waals surface area contributed by atoms with Gasteiger partial charge >= 0.3 is 0 Å². The van der Waals surface area contributed by atoms with Crippen LogP contribution in [0.1, 0.15) is 16.6 Å². The van der Waals surface area contributed by atoms with Gasteiger partial charge in [-0.3, -0.25) is 9.59 Å². The maximum atomic E-state index is 12.8. The van der Waals surface area contributed by atoms with Crippen molar-refractivity contribution in [1.82, 2.24) is 9.29 Å². The first-order valence-electron chi connectivity index (χ1n) is 6.74. The first-order valence-corrected chi connectivity index (χ1v) is 9.38. The zero-order chi connectivity index (χ0) is 17.7. The maximum absolute atomic E-state index is 12.8. The van der Waals surface area contributed by atoms with Gasteiger partial charge in [0, 0.05) is 13.2 Å². The molecule has 1 aliphatic heterocycles. The number of carbonyl (C=O) groups excluding carboxylic acids is 2. The highest BCUT2D eigenvalue weighted by molar-refractivity contribution is 7.89. The van der Waals surface area contributed by atoms with Crippen molar-refractivity contribution in [1.29, 1.82) is 0 Å². The van der Waals surface area contributed by atoms with Crippen molar-refractivity contribution in [2.75, 3.05) is 12.4 Å². The Kier molecular flexibility index (Phi) is 3.99. The fraction of sp³-hybridized carbons (Fsp3) is 0.214. The van der Waals surface area contributed by atoms with Gasteiger partial charge in [-0.25, -0.2) is 13.4 Å². The molecule has 3 rings (SSSR count). The van der Waals surface area contributed by atoms with Crippen LogP contribution in [0.5, 0.6) is 0 Å². The number of ketones is 1. The second kappa shape index (κ2) is 5.62. The number of hydrogen-bond donors (Lipinski definition) is 1. The largest absolute Gasteiger partial charge is 0.309 e. The number of Topliss-reactive ketones (excluding diaryl/α,β-unsaturated/α-hetero) is 1. The molecule has 0 aliphatic carbocycles. The highest BCUT2D eigenvalue weighted by Crippen LogP contribution is 2.41. The maximum Gasteiger partial charge on any atom is 0.254 e. The normalized spacial score (nSPS) is 22.9. The average molecular weight is 386 g/mol. The molecule has 2 aromatic heterocycles. The number of hydrogen-bond acceptors (Lipinski definition) is 6. The Labute approximate surface area is 147 Å². The number of sulfonamides is 1. The van der Waals surface area contributed by atoms with E-state index in [9.17, 15) is 18.0 Å². The fourth-order valence-corrected chi connectivity index (χ4v) is 5.65. The molecule has 126 valence electrons. The molecule has 0 bridgehead atoms. The summed E-state index contributed by atoms with van der Waals surface area (Å²) in [5.41, 5.74) is -1.93. The Morgan fingerprint density at radius 1 is 1.42 bits per heavy atom. The molecule has 0 saturated carbocycles. The number of fused-ring (bicyclic) bond motifs is 1. The van der Waals surface area contributed by atoms with E-state index in [1.807, 2.05) is 0 Å². The summed E-state index contributed by atoms with van der Waals surface area (Å²) in [4.78, 5) is 29.3. The Morgan fingerprint density at radius 3 is 2.75 bits per heavy atom. The molecule has 24 heavy (non-hydrogen) atoms. The van der Waals surface area contributed by atoms with Crippen molar-refractivity contribution in [3.8, 4) is 0 Å². The lowest BCUT2D eigenvalue weighted by molar-refractivity contribution is -0.122. The van der Waals surface area contributed by atoms with E-state index in [1.54, 1.807) is 12.1 Å². The van der Waals surface area contributed by atoms with E-state index in [-0.39, 0.29) is 19.9 Å². The van der Waals surface area contributed by atoms with Crippen LogP contribution in [0.4, 0.5) is 5.82 Å². The van der Waals surface area contributed by atoms with Crippen molar-refractivity contribution in [2.24, 2.45) is 0 Å². The molecule has 3 heterocycles.